The summed E-state index contributed by atoms with van der Waals surface area (Å²) in [6, 6.07) is 6.81. The molecule has 18 heavy (non-hydrogen) atoms. The summed E-state index contributed by atoms with van der Waals surface area (Å²) in [5.41, 5.74) is 6.90. The molecule has 0 radical (unpaired) electrons. The maximum absolute atomic E-state index is 5.28. The molecule has 0 spiro atoms. The number of hydrogen-bond acceptors (Lipinski definition) is 3. The highest BCUT2D eigenvalue weighted by molar-refractivity contribution is 5.37. The van der Waals surface area contributed by atoms with E-state index >= 15 is 0 Å². The van der Waals surface area contributed by atoms with Crippen molar-refractivity contribution >= 4 is 0 Å². The number of hydrazine groups is 1. The Kier molecular flexibility index (Phi) is 5.32. The molecular weight excluding hydrogens is 222 g/mol. The zero-order valence-corrected chi connectivity index (χ0v) is 12.3. The lowest BCUT2D eigenvalue weighted by molar-refractivity contribution is 0.452. The SMILES string of the molecule is Cc1ccc(C(C)C)cc1C(C)(C)CNCNN. The van der Waals surface area contributed by atoms with Crippen LogP contribution >= 0.6 is 0 Å². The minimum atomic E-state index is 0.103. The van der Waals surface area contributed by atoms with Crippen LogP contribution in [-0.4, -0.2) is 13.2 Å². The van der Waals surface area contributed by atoms with Crippen LogP contribution in [0.15, 0.2) is 18.2 Å². The van der Waals surface area contributed by atoms with Gasteiger partial charge < -0.3 is 5.32 Å². The summed E-state index contributed by atoms with van der Waals surface area (Å²) in [6.07, 6.45) is 0. The molecule has 0 aliphatic heterocycles. The van der Waals surface area contributed by atoms with E-state index in [0.29, 0.717) is 12.6 Å². The van der Waals surface area contributed by atoms with Crippen molar-refractivity contribution in [2.24, 2.45) is 5.84 Å². The molecule has 0 fully saturated rings. The van der Waals surface area contributed by atoms with Gasteiger partial charge in [-0.3, -0.25) is 5.84 Å². The van der Waals surface area contributed by atoms with Gasteiger partial charge in [0.2, 0.25) is 0 Å². The lowest BCUT2D eigenvalue weighted by Gasteiger charge is -2.28. The van der Waals surface area contributed by atoms with Crippen molar-refractivity contribution in [1.29, 1.82) is 0 Å². The first kappa shape index (κ1) is 15.2. The molecule has 0 bridgehead atoms. The normalized spacial score (nSPS) is 12.2. The van der Waals surface area contributed by atoms with E-state index in [1.54, 1.807) is 0 Å². The molecule has 0 atom stereocenters. The van der Waals surface area contributed by atoms with Gasteiger partial charge in [0, 0.05) is 12.0 Å². The van der Waals surface area contributed by atoms with Gasteiger partial charge >= 0.3 is 0 Å². The van der Waals surface area contributed by atoms with E-state index in [9.17, 15) is 0 Å². The van der Waals surface area contributed by atoms with Gasteiger partial charge in [0.05, 0.1) is 6.67 Å². The molecule has 1 aromatic carbocycles. The zero-order valence-electron chi connectivity index (χ0n) is 12.3. The predicted molar refractivity (Wildman–Crippen MR) is 78.5 cm³/mol. The highest BCUT2D eigenvalue weighted by Gasteiger charge is 2.22. The summed E-state index contributed by atoms with van der Waals surface area (Å²) in [5.74, 6) is 5.85. The number of nitrogens with one attached hydrogen (secondary N) is 2. The van der Waals surface area contributed by atoms with Crippen molar-refractivity contribution in [3.05, 3.63) is 34.9 Å². The first-order chi connectivity index (χ1) is 8.38. The smallest absolute Gasteiger partial charge is 0.0587 e. The van der Waals surface area contributed by atoms with Gasteiger partial charge in [0.1, 0.15) is 0 Å². The monoisotopic (exact) mass is 249 g/mol. The molecule has 3 heteroatoms. The molecule has 4 N–H and O–H groups in total. The van der Waals surface area contributed by atoms with Crippen molar-refractivity contribution in [3.63, 3.8) is 0 Å². The van der Waals surface area contributed by atoms with Crippen LogP contribution in [0.3, 0.4) is 0 Å². The van der Waals surface area contributed by atoms with Gasteiger partial charge in [-0.2, -0.15) is 0 Å². The van der Waals surface area contributed by atoms with E-state index in [1.807, 2.05) is 0 Å². The summed E-state index contributed by atoms with van der Waals surface area (Å²) in [6.45, 7) is 12.7. The molecule has 0 unspecified atom stereocenters. The summed E-state index contributed by atoms with van der Waals surface area (Å²) in [7, 11) is 0. The van der Waals surface area contributed by atoms with Crippen LogP contribution in [0.2, 0.25) is 0 Å². The molecule has 0 saturated heterocycles. The molecule has 0 saturated carbocycles. The van der Waals surface area contributed by atoms with Gasteiger partial charge in [0.25, 0.3) is 0 Å². The molecular formula is C15H27N3. The van der Waals surface area contributed by atoms with E-state index in [4.69, 9.17) is 5.84 Å². The summed E-state index contributed by atoms with van der Waals surface area (Å²) < 4.78 is 0. The third kappa shape index (κ3) is 3.80. The van der Waals surface area contributed by atoms with Crippen LogP contribution in [-0.2, 0) is 5.41 Å². The fourth-order valence-corrected chi connectivity index (χ4v) is 2.27. The van der Waals surface area contributed by atoms with Crippen LogP contribution in [0.4, 0.5) is 0 Å². The third-order valence-electron chi connectivity index (χ3n) is 3.45. The number of hydrogen-bond donors (Lipinski definition) is 3. The highest BCUT2D eigenvalue weighted by atomic mass is 15.3. The molecule has 3 nitrogen and oxygen atoms in total. The van der Waals surface area contributed by atoms with Crippen molar-refractivity contribution < 1.29 is 0 Å². The van der Waals surface area contributed by atoms with Gasteiger partial charge in [-0.05, 0) is 29.5 Å². The van der Waals surface area contributed by atoms with Crippen LogP contribution in [0, 0.1) is 6.92 Å². The van der Waals surface area contributed by atoms with Gasteiger partial charge in [-0.25, -0.2) is 5.43 Å². The molecule has 0 aromatic heterocycles. The Hall–Kier alpha value is -0.900. The molecule has 1 aromatic rings. The lowest BCUT2D eigenvalue weighted by atomic mass is 9.80. The first-order valence-corrected chi connectivity index (χ1v) is 6.63. The minimum absolute atomic E-state index is 0.103. The first-order valence-electron chi connectivity index (χ1n) is 6.63. The number of aryl methyl sites for hydroxylation is 1. The highest BCUT2D eigenvalue weighted by Crippen LogP contribution is 2.28. The van der Waals surface area contributed by atoms with Crippen molar-refractivity contribution in [3.8, 4) is 0 Å². The summed E-state index contributed by atoms with van der Waals surface area (Å²) in [5, 5.41) is 3.31. The van der Waals surface area contributed by atoms with E-state index in [0.717, 1.165) is 6.54 Å². The lowest BCUT2D eigenvalue weighted by Crippen LogP contribution is -2.40. The van der Waals surface area contributed by atoms with E-state index < -0.39 is 0 Å². The number of nitrogens with two attached hydrogens (primary N) is 1. The Balaban J connectivity index is 2.95. The average Bonchev–Trinajstić information content (AvgIpc) is 2.29. The summed E-state index contributed by atoms with van der Waals surface area (Å²) in [4.78, 5) is 0. The Morgan fingerprint density at radius 1 is 1.28 bits per heavy atom. The second-order valence-electron chi connectivity index (χ2n) is 5.92. The number of benzene rings is 1. The van der Waals surface area contributed by atoms with Crippen molar-refractivity contribution in [2.45, 2.75) is 46.0 Å². The van der Waals surface area contributed by atoms with Gasteiger partial charge in [-0.1, -0.05) is 45.9 Å². The quantitative estimate of drug-likeness (QED) is 0.314. The zero-order chi connectivity index (χ0) is 13.8. The van der Waals surface area contributed by atoms with Crippen molar-refractivity contribution in [2.75, 3.05) is 13.2 Å². The Morgan fingerprint density at radius 2 is 1.94 bits per heavy atom. The van der Waals surface area contributed by atoms with E-state index in [-0.39, 0.29) is 5.41 Å². The van der Waals surface area contributed by atoms with Crippen molar-refractivity contribution in [1.82, 2.24) is 10.7 Å². The van der Waals surface area contributed by atoms with Crippen LogP contribution in [0.25, 0.3) is 0 Å². The second kappa shape index (κ2) is 6.32. The minimum Gasteiger partial charge on any atom is -0.303 e. The fourth-order valence-electron chi connectivity index (χ4n) is 2.27. The largest absolute Gasteiger partial charge is 0.303 e. The van der Waals surface area contributed by atoms with Gasteiger partial charge in [-0.15, -0.1) is 0 Å². The number of rotatable bonds is 6. The Labute approximate surface area is 111 Å². The van der Waals surface area contributed by atoms with E-state index in [2.05, 4.69) is 63.6 Å². The molecule has 0 amide bonds. The maximum Gasteiger partial charge on any atom is 0.0587 e. The molecule has 102 valence electrons. The van der Waals surface area contributed by atoms with Crippen LogP contribution in [0.1, 0.15) is 50.3 Å². The van der Waals surface area contributed by atoms with Crippen LogP contribution < -0.4 is 16.6 Å². The van der Waals surface area contributed by atoms with Crippen LogP contribution in [0.5, 0.6) is 0 Å². The average molecular weight is 249 g/mol. The molecule has 0 aliphatic rings. The summed E-state index contributed by atoms with van der Waals surface area (Å²) >= 11 is 0. The predicted octanol–water partition coefficient (Wildman–Crippen LogP) is 2.41. The van der Waals surface area contributed by atoms with E-state index in [1.165, 1.54) is 16.7 Å². The fraction of sp³-hybridized carbons (Fsp3) is 0.600. The second-order valence-corrected chi connectivity index (χ2v) is 5.92. The molecule has 0 heterocycles. The standard InChI is InChI=1S/C15H27N3/c1-11(2)13-7-6-12(3)14(8-13)15(4,5)9-17-10-18-16/h6-8,11,17-18H,9-10,16H2,1-5H3. The molecule has 1 rings (SSSR count). The molecule has 0 aliphatic carbocycles. The van der Waals surface area contributed by atoms with Gasteiger partial charge in [0.15, 0.2) is 0 Å². The topological polar surface area (TPSA) is 50.1 Å². The Bertz CT molecular complexity index is 383. The maximum atomic E-state index is 5.28. The Morgan fingerprint density at radius 3 is 2.50 bits per heavy atom. The third-order valence-corrected chi connectivity index (χ3v) is 3.45.